The van der Waals surface area contributed by atoms with Crippen LogP contribution in [0.3, 0.4) is 0 Å². The van der Waals surface area contributed by atoms with Crippen LogP contribution < -0.4 is 0 Å². The monoisotopic (exact) mass is 274 g/mol. The van der Waals surface area contributed by atoms with Crippen LogP contribution >= 0.6 is 0 Å². The van der Waals surface area contributed by atoms with Crippen molar-refractivity contribution in [2.45, 2.75) is 30.8 Å². The first kappa shape index (κ1) is 14.2. The smallest absolute Gasteiger partial charge is 0.356 e. The fourth-order valence-electron chi connectivity index (χ4n) is 3.16. The number of hydrogen-bond acceptors (Lipinski definition) is 7. The van der Waals surface area contributed by atoms with E-state index in [1.165, 1.54) is 21.3 Å². The Hall–Kier alpha value is -1.18. The molecule has 0 aromatic heterocycles. The Balaban J connectivity index is 2.50. The van der Waals surface area contributed by atoms with Gasteiger partial charge < -0.3 is 23.7 Å². The van der Waals surface area contributed by atoms with Crippen LogP contribution in [-0.4, -0.2) is 57.4 Å². The molecule has 2 aliphatic rings. The maximum absolute atomic E-state index is 12.1. The molecule has 19 heavy (non-hydrogen) atoms. The second-order valence-electron chi connectivity index (χ2n) is 4.49. The third-order valence-corrected chi connectivity index (χ3v) is 3.86. The van der Waals surface area contributed by atoms with Gasteiger partial charge in [-0.1, -0.05) is 0 Å². The van der Waals surface area contributed by atoms with Crippen molar-refractivity contribution in [2.24, 2.45) is 5.92 Å². The summed E-state index contributed by atoms with van der Waals surface area (Å²) in [6.45, 7) is 2.22. The average Bonchev–Trinajstić information content (AvgIpc) is 2.82. The zero-order valence-corrected chi connectivity index (χ0v) is 11.4. The van der Waals surface area contributed by atoms with E-state index in [9.17, 15) is 9.59 Å². The van der Waals surface area contributed by atoms with Gasteiger partial charge in [-0.15, -0.1) is 0 Å². The van der Waals surface area contributed by atoms with Gasteiger partial charge in [0.15, 0.2) is 0 Å². The van der Waals surface area contributed by atoms with E-state index in [0.717, 1.165) is 0 Å². The third kappa shape index (κ3) is 1.55. The van der Waals surface area contributed by atoms with Gasteiger partial charge in [-0.05, 0) is 6.92 Å². The normalized spacial score (nSPS) is 35.3. The minimum absolute atomic E-state index is 0.158. The number of carbonyl (C=O) groups excluding carboxylic acids is 2. The highest BCUT2D eigenvalue weighted by Gasteiger charge is 2.81. The molecule has 0 N–H and O–H groups in total. The van der Waals surface area contributed by atoms with Crippen LogP contribution in [0.15, 0.2) is 0 Å². The van der Waals surface area contributed by atoms with E-state index in [-0.39, 0.29) is 6.42 Å². The largest absolute Gasteiger partial charge is 0.466 e. The summed E-state index contributed by atoms with van der Waals surface area (Å²) in [5.41, 5.74) is -1.60. The number of carbonyl (C=O) groups is 2. The molecule has 7 nitrogen and oxygen atoms in total. The lowest BCUT2D eigenvalue weighted by Crippen LogP contribution is -2.57. The van der Waals surface area contributed by atoms with Crippen molar-refractivity contribution in [2.75, 3.05) is 27.9 Å². The number of hydrogen-bond donors (Lipinski definition) is 0. The number of methoxy groups -OCH3 is 3. The molecule has 1 aliphatic carbocycles. The molecular weight excluding hydrogens is 256 g/mol. The molecule has 0 spiro atoms. The number of fused-ring (bicyclic) bond motifs is 2. The van der Waals surface area contributed by atoms with E-state index in [0.29, 0.717) is 6.61 Å². The molecule has 0 amide bonds. The van der Waals surface area contributed by atoms with Crippen LogP contribution in [0.25, 0.3) is 0 Å². The summed E-state index contributed by atoms with van der Waals surface area (Å²) in [5, 5.41) is 0. The summed E-state index contributed by atoms with van der Waals surface area (Å²) in [6.07, 6.45) is -0.337. The topological polar surface area (TPSA) is 80.3 Å². The van der Waals surface area contributed by atoms with Gasteiger partial charge in [0.25, 0.3) is 5.60 Å². The van der Waals surface area contributed by atoms with Gasteiger partial charge in [0, 0.05) is 27.2 Å². The molecule has 3 atom stereocenters. The van der Waals surface area contributed by atoms with Crippen molar-refractivity contribution in [3.63, 3.8) is 0 Å². The molecule has 0 aromatic carbocycles. The van der Waals surface area contributed by atoms with Crippen LogP contribution in [0.4, 0.5) is 0 Å². The van der Waals surface area contributed by atoms with E-state index in [2.05, 4.69) is 0 Å². The molecule has 108 valence electrons. The van der Waals surface area contributed by atoms with Gasteiger partial charge in [0.05, 0.1) is 13.2 Å². The Bertz CT molecular complexity index is 390. The summed E-state index contributed by atoms with van der Waals surface area (Å²) in [4.78, 5) is 24.1. The molecule has 1 saturated carbocycles. The van der Waals surface area contributed by atoms with E-state index in [4.69, 9.17) is 23.7 Å². The Labute approximate surface area is 111 Å². The van der Waals surface area contributed by atoms with Crippen LogP contribution in [0.1, 0.15) is 13.3 Å². The minimum atomic E-state index is -1.60. The molecule has 0 unspecified atom stereocenters. The number of esters is 2. The van der Waals surface area contributed by atoms with Gasteiger partial charge >= 0.3 is 11.9 Å². The van der Waals surface area contributed by atoms with Gasteiger partial charge in [0.2, 0.25) is 5.79 Å². The zero-order valence-electron chi connectivity index (χ0n) is 11.4. The lowest BCUT2D eigenvalue weighted by molar-refractivity contribution is -0.270. The summed E-state index contributed by atoms with van der Waals surface area (Å²) in [7, 11) is 3.96. The second-order valence-corrected chi connectivity index (χ2v) is 4.49. The molecule has 2 fully saturated rings. The van der Waals surface area contributed by atoms with Gasteiger partial charge in [-0.25, -0.2) is 4.79 Å². The van der Waals surface area contributed by atoms with Gasteiger partial charge in [-0.3, -0.25) is 4.79 Å². The summed E-state index contributed by atoms with van der Waals surface area (Å²) in [6, 6.07) is 0. The predicted molar refractivity (Wildman–Crippen MR) is 61.1 cm³/mol. The van der Waals surface area contributed by atoms with Crippen molar-refractivity contribution in [1.29, 1.82) is 0 Å². The fraction of sp³-hybridized carbons (Fsp3) is 0.833. The van der Waals surface area contributed by atoms with Crippen molar-refractivity contribution in [1.82, 2.24) is 0 Å². The van der Waals surface area contributed by atoms with E-state index < -0.39 is 35.3 Å². The van der Waals surface area contributed by atoms with Crippen LogP contribution in [-0.2, 0) is 33.3 Å². The van der Waals surface area contributed by atoms with Crippen molar-refractivity contribution in [3.8, 4) is 0 Å². The highest BCUT2D eigenvalue weighted by Crippen LogP contribution is 2.56. The zero-order chi connectivity index (χ0) is 14.3. The fourth-order valence-corrected chi connectivity index (χ4v) is 3.16. The van der Waals surface area contributed by atoms with Crippen molar-refractivity contribution >= 4 is 11.9 Å². The van der Waals surface area contributed by atoms with Gasteiger partial charge in [0.1, 0.15) is 5.92 Å². The average molecular weight is 274 g/mol. The number of rotatable bonds is 5. The molecular formula is C12H18O7. The summed E-state index contributed by atoms with van der Waals surface area (Å²) < 4.78 is 26.2. The quantitative estimate of drug-likeness (QED) is 0.510. The van der Waals surface area contributed by atoms with Crippen molar-refractivity contribution in [3.05, 3.63) is 0 Å². The molecule has 2 bridgehead atoms. The summed E-state index contributed by atoms with van der Waals surface area (Å²) >= 11 is 0. The number of ether oxygens (including phenoxy) is 5. The third-order valence-electron chi connectivity index (χ3n) is 3.86. The molecule has 0 aromatic rings. The lowest BCUT2D eigenvalue weighted by Gasteiger charge is -2.34. The molecule has 2 rings (SSSR count). The standard InChI is InChI=1S/C12H18O7/c1-5-18-7-6-11(10(14)15-2)12(16-3,17-4)8(7)9(13)19-11/h7-8H,5-6H2,1-4H3/t7-,8+,11-/m0/s1. The van der Waals surface area contributed by atoms with E-state index >= 15 is 0 Å². The SMILES string of the molecule is CCO[C@H]1C[C@@]2(C(=O)OC)OC(=O)[C@@H]1C2(OC)OC. The van der Waals surface area contributed by atoms with Crippen molar-refractivity contribution < 1.29 is 33.3 Å². The highest BCUT2D eigenvalue weighted by molar-refractivity contribution is 5.92. The van der Waals surface area contributed by atoms with E-state index in [1.54, 1.807) is 0 Å². The first-order chi connectivity index (χ1) is 9.02. The van der Waals surface area contributed by atoms with Gasteiger partial charge in [-0.2, -0.15) is 0 Å². The maximum atomic E-state index is 12.1. The Kier molecular flexibility index (Phi) is 3.55. The summed E-state index contributed by atoms with van der Waals surface area (Å²) in [5.74, 6) is -3.58. The Morgan fingerprint density at radius 2 is 2.00 bits per heavy atom. The lowest BCUT2D eigenvalue weighted by atomic mass is 9.94. The second kappa shape index (κ2) is 4.73. The van der Waals surface area contributed by atoms with Crippen LogP contribution in [0.5, 0.6) is 0 Å². The Morgan fingerprint density at radius 3 is 2.47 bits per heavy atom. The molecule has 7 heteroatoms. The first-order valence-electron chi connectivity index (χ1n) is 6.06. The minimum Gasteiger partial charge on any atom is -0.466 e. The highest BCUT2D eigenvalue weighted by atomic mass is 16.7. The first-order valence-corrected chi connectivity index (χ1v) is 6.06. The van der Waals surface area contributed by atoms with Crippen LogP contribution in [0.2, 0.25) is 0 Å². The molecule has 1 saturated heterocycles. The molecule has 1 aliphatic heterocycles. The van der Waals surface area contributed by atoms with E-state index in [1.807, 2.05) is 6.92 Å². The van der Waals surface area contributed by atoms with Crippen LogP contribution in [0, 0.1) is 5.92 Å². The molecule has 0 radical (unpaired) electrons. The predicted octanol–water partition coefficient (Wildman–Crippen LogP) is -0.131. The Morgan fingerprint density at radius 1 is 1.37 bits per heavy atom. The maximum Gasteiger partial charge on any atom is 0.356 e. The molecule has 1 heterocycles.